The lowest BCUT2D eigenvalue weighted by Gasteiger charge is -2.12. The van der Waals surface area contributed by atoms with Gasteiger partial charge in [-0.05, 0) is 36.6 Å². The summed E-state index contributed by atoms with van der Waals surface area (Å²) in [4.78, 5) is 14.8. The number of guanidine groups is 1. The number of nitrogens with one attached hydrogen (secondary N) is 2. The van der Waals surface area contributed by atoms with E-state index < -0.39 is 4.92 Å². The van der Waals surface area contributed by atoms with Gasteiger partial charge in [0.05, 0.1) is 25.7 Å². The van der Waals surface area contributed by atoms with Crippen molar-refractivity contribution in [1.82, 2.24) is 10.6 Å². The molecule has 0 aromatic heterocycles. The predicted molar refractivity (Wildman–Crippen MR) is 125 cm³/mol. The Morgan fingerprint density at radius 2 is 1.69 bits per heavy atom. The summed E-state index contributed by atoms with van der Waals surface area (Å²) in [5.41, 5.74) is 2.10. The molecule has 0 atom stereocenters. The van der Waals surface area contributed by atoms with Crippen molar-refractivity contribution in [2.75, 3.05) is 27.3 Å². The smallest absolute Gasteiger partial charge is 0.269 e. The Bertz CT molecular complexity index is 813. The molecule has 0 aliphatic carbocycles. The number of hydrogen-bond donors (Lipinski definition) is 2. The molecule has 0 fully saturated rings. The van der Waals surface area contributed by atoms with Gasteiger partial charge >= 0.3 is 0 Å². The van der Waals surface area contributed by atoms with Crippen LogP contribution in [0.5, 0.6) is 11.5 Å². The number of nitro benzene ring substituents is 1. The Morgan fingerprint density at radius 3 is 2.28 bits per heavy atom. The zero-order valence-corrected chi connectivity index (χ0v) is 19.1. The number of aliphatic imine (C=N–C) groups is 1. The molecule has 2 aromatic rings. The molecular weight excluding hydrogens is 487 g/mol. The van der Waals surface area contributed by atoms with Crippen LogP contribution in [0.2, 0.25) is 0 Å². The van der Waals surface area contributed by atoms with Gasteiger partial charge in [0, 0.05) is 25.2 Å². The van der Waals surface area contributed by atoms with Crippen LogP contribution in [0.4, 0.5) is 5.69 Å². The third-order valence-electron chi connectivity index (χ3n) is 4.07. The van der Waals surface area contributed by atoms with E-state index in [1.54, 1.807) is 26.4 Å². The van der Waals surface area contributed by atoms with Crippen LogP contribution in [0.3, 0.4) is 0 Å². The average molecular weight is 514 g/mol. The van der Waals surface area contributed by atoms with Crippen molar-refractivity contribution in [2.45, 2.75) is 19.9 Å². The second-order valence-corrected chi connectivity index (χ2v) is 5.98. The molecule has 0 aliphatic heterocycles. The first-order valence-electron chi connectivity index (χ1n) is 9.03. The predicted octanol–water partition coefficient (Wildman–Crippen LogP) is 3.53. The summed E-state index contributed by atoms with van der Waals surface area (Å²) in [7, 11) is 3.23. The van der Waals surface area contributed by atoms with Crippen molar-refractivity contribution in [3.8, 4) is 11.5 Å². The lowest BCUT2D eigenvalue weighted by atomic mass is 10.1. The largest absolute Gasteiger partial charge is 0.493 e. The van der Waals surface area contributed by atoms with Crippen molar-refractivity contribution in [3.05, 3.63) is 63.7 Å². The molecule has 0 heterocycles. The van der Waals surface area contributed by atoms with Gasteiger partial charge in [-0.1, -0.05) is 18.2 Å². The molecule has 0 spiro atoms. The summed E-state index contributed by atoms with van der Waals surface area (Å²) in [6, 6.07) is 12.3. The van der Waals surface area contributed by atoms with Gasteiger partial charge in [-0.25, -0.2) is 4.99 Å². The summed E-state index contributed by atoms with van der Waals surface area (Å²) in [5, 5.41) is 17.2. The van der Waals surface area contributed by atoms with Gasteiger partial charge < -0.3 is 20.1 Å². The zero-order valence-electron chi connectivity index (χ0n) is 16.8. The molecule has 0 saturated carbocycles. The molecule has 2 N–H and O–H groups in total. The first-order valence-corrected chi connectivity index (χ1v) is 9.03. The minimum absolute atomic E-state index is 0. The van der Waals surface area contributed by atoms with Crippen LogP contribution in [0.1, 0.15) is 18.1 Å². The normalized spacial score (nSPS) is 10.7. The minimum Gasteiger partial charge on any atom is -0.493 e. The van der Waals surface area contributed by atoms with E-state index in [0.29, 0.717) is 30.5 Å². The molecule has 158 valence electrons. The Labute approximate surface area is 187 Å². The highest BCUT2D eigenvalue weighted by Gasteiger charge is 2.06. The van der Waals surface area contributed by atoms with E-state index >= 15 is 0 Å². The Hall–Kier alpha value is -2.56. The van der Waals surface area contributed by atoms with E-state index in [4.69, 9.17) is 9.47 Å². The summed E-state index contributed by atoms with van der Waals surface area (Å²) < 4.78 is 10.6. The van der Waals surface area contributed by atoms with Crippen molar-refractivity contribution < 1.29 is 14.4 Å². The monoisotopic (exact) mass is 514 g/mol. The van der Waals surface area contributed by atoms with Gasteiger partial charge in [-0.2, -0.15) is 0 Å². The van der Waals surface area contributed by atoms with E-state index in [2.05, 4.69) is 15.6 Å². The molecule has 0 radical (unpaired) electrons. The fraction of sp³-hybridized carbons (Fsp3) is 0.350. The Balaban J connectivity index is 0.00000420. The number of ether oxygens (including phenoxy) is 2. The van der Waals surface area contributed by atoms with E-state index in [1.165, 1.54) is 12.1 Å². The number of methoxy groups -OCH3 is 2. The van der Waals surface area contributed by atoms with Crippen LogP contribution in [-0.4, -0.2) is 38.2 Å². The number of nitro groups is 1. The molecule has 8 nitrogen and oxygen atoms in total. The van der Waals surface area contributed by atoms with Crippen LogP contribution >= 0.6 is 24.0 Å². The van der Waals surface area contributed by atoms with Crippen molar-refractivity contribution in [3.63, 3.8) is 0 Å². The number of benzene rings is 2. The lowest BCUT2D eigenvalue weighted by Crippen LogP contribution is -2.38. The Kier molecular flexibility index (Phi) is 10.8. The van der Waals surface area contributed by atoms with E-state index in [1.807, 2.05) is 25.1 Å². The van der Waals surface area contributed by atoms with Crippen LogP contribution < -0.4 is 20.1 Å². The molecule has 2 rings (SSSR count). The van der Waals surface area contributed by atoms with Crippen LogP contribution in [0.15, 0.2) is 47.5 Å². The molecule has 0 amide bonds. The summed E-state index contributed by atoms with van der Waals surface area (Å²) in [6.07, 6.45) is 0.794. The first-order chi connectivity index (χ1) is 13.6. The molecule has 0 unspecified atom stereocenters. The average Bonchev–Trinajstić information content (AvgIpc) is 2.72. The van der Waals surface area contributed by atoms with Crippen LogP contribution in [0.25, 0.3) is 0 Å². The van der Waals surface area contributed by atoms with Gasteiger partial charge in [-0.15, -0.1) is 24.0 Å². The highest BCUT2D eigenvalue weighted by atomic mass is 127. The second kappa shape index (κ2) is 12.8. The summed E-state index contributed by atoms with van der Waals surface area (Å²) in [6.45, 7) is 3.87. The van der Waals surface area contributed by atoms with Crippen LogP contribution in [0, 0.1) is 10.1 Å². The molecule has 0 aliphatic rings. The Morgan fingerprint density at radius 1 is 1.03 bits per heavy atom. The maximum absolute atomic E-state index is 10.7. The van der Waals surface area contributed by atoms with Gasteiger partial charge in [0.2, 0.25) is 0 Å². The maximum atomic E-state index is 10.7. The number of nitrogens with zero attached hydrogens (tertiary/aromatic N) is 2. The molecule has 2 aromatic carbocycles. The van der Waals surface area contributed by atoms with Gasteiger partial charge in [0.25, 0.3) is 5.69 Å². The quantitative estimate of drug-likeness (QED) is 0.175. The van der Waals surface area contributed by atoms with E-state index in [-0.39, 0.29) is 29.7 Å². The van der Waals surface area contributed by atoms with Gasteiger partial charge in [0.15, 0.2) is 17.5 Å². The summed E-state index contributed by atoms with van der Waals surface area (Å²) >= 11 is 0. The van der Waals surface area contributed by atoms with Crippen molar-refractivity contribution >= 4 is 35.6 Å². The van der Waals surface area contributed by atoms with Crippen molar-refractivity contribution in [2.24, 2.45) is 4.99 Å². The third kappa shape index (κ3) is 7.76. The lowest BCUT2D eigenvalue weighted by molar-refractivity contribution is -0.384. The number of hydrogen-bond acceptors (Lipinski definition) is 5. The van der Waals surface area contributed by atoms with Gasteiger partial charge in [0.1, 0.15) is 0 Å². The molecule has 29 heavy (non-hydrogen) atoms. The van der Waals surface area contributed by atoms with E-state index in [9.17, 15) is 10.1 Å². The third-order valence-corrected chi connectivity index (χ3v) is 4.07. The molecule has 0 saturated heterocycles. The maximum Gasteiger partial charge on any atom is 0.269 e. The molecular formula is C20H27IN4O4. The first kappa shape index (κ1) is 24.5. The fourth-order valence-electron chi connectivity index (χ4n) is 2.60. The number of rotatable bonds is 9. The highest BCUT2D eigenvalue weighted by molar-refractivity contribution is 14.0. The second-order valence-electron chi connectivity index (χ2n) is 5.98. The molecule has 0 bridgehead atoms. The topological polar surface area (TPSA) is 98.0 Å². The zero-order chi connectivity index (χ0) is 20.4. The highest BCUT2D eigenvalue weighted by Crippen LogP contribution is 2.27. The minimum atomic E-state index is -0.410. The fourth-order valence-corrected chi connectivity index (χ4v) is 2.60. The standard InChI is InChI=1S/C20H26N4O4.HI/c1-4-21-20(23-14-16-5-8-17(9-6-16)24(25)26)22-12-11-15-7-10-18(27-2)19(13-15)28-3;/h5-10,13H,4,11-12,14H2,1-3H3,(H2,21,22,23);1H. The molecule has 9 heteroatoms. The SMILES string of the molecule is CCNC(=NCc1ccc([N+](=O)[O-])cc1)NCCc1ccc(OC)c(OC)c1.I. The number of non-ortho nitro benzene ring substituents is 1. The van der Waals surface area contributed by atoms with E-state index in [0.717, 1.165) is 24.1 Å². The van der Waals surface area contributed by atoms with Crippen LogP contribution in [-0.2, 0) is 13.0 Å². The van der Waals surface area contributed by atoms with Crippen molar-refractivity contribution in [1.29, 1.82) is 0 Å². The number of halogens is 1. The summed E-state index contributed by atoms with van der Waals surface area (Å²) in [5.74, 6) is 2.11. The van der Waals surface area contributed by atoms with Gasteiger partial charge in [-0.3, -0.25) is 10.1 Å².